The van der Waals surface area contributed by atoms with Crippen LogP contribution in [0.1, 0.15) is 136 Å². The van der Waals surface area contributed by atoms with Gasteiger partial charge in [-0.1, -0.05) is 129 Å². The van der Waals surface area contributed by atoms with E-state index in [1.54, 1.807) is 0 Å². The van der Waals surface area contributed by atoms with Gasteiger partial charge >= 0.3 is 29.6 Å². The second-order valence-corrected chi connectivity index (χ2v) is 9.81. The Labute approximate surface area is 216 Å². The zero-order valence-corrected chi connectivity index (χ0v) is 23.7. The van der Waals surface area contributed by atoms with Crippen LogP contribution < -0.4 is 29.6 Å². The molecule has 0 bridgehead atoms. The molecule has 0 aromatic rings. The molecule has 0 aliphatic heterocycles. The monoisotopic (exact) mass is 468 g/mol. The van der Waals surface area contributed by atoms with Crippen LogP contribution in [0, 0.1) is 5.92 Å². The van der Waals surface area contributed by atoms with Crippen molar-refractivity contribution in [3.05, 3.63) is 12.2 Å². The summed E-state index contributed by atoms with van der Waals surface area (Å²) in [6, 6.07) is 0. The Kier molecular flexibility index (Phi) is 27.5. The standard InChI is InChI=1S/C25H50O4S.Na/c1-3-5-7-9-11-13-14-15-17-19-21-23-25(24-29-30(26,27)28)22-20-18-16-12-10-8-6-4-2;/h21,23,25H,3-20,22,24H2,1-2H3,(H,26,27,28);/q;+1/p-1/b23-21+;. The molecule has 0 aromatic carbocycles. The molecule has 0 heterocycles. The van der Waals surface area contributed by atoms with Crippen molar-refractivity contribution in [2.24, 2.45) is 5.92 Å². The molecule has 0 amide bonds. The minimum atomic E-state index is -4.61. The maximum atomic E-state index is 10.8. The molecule has 0 aromatic heterocycles. The molecule has 4 nitrogen and oxygen atoms in total. The van der Waals surface area contributed by atoms with Gasteiger partial charge < -0.3 is 4.55 Å². The van der Waals surface area contributed by atoms with E-state index in [1.807, 2.05) is 0 Å². The van der Waals surface area contributed by atoms with Crippen LogP contribution in [0.3, 0.4) is 0 Å². The third kappa shape index (κ3) is 28.6. The molecule has 0 aliphatic carbocycles. The van der Waals surface area contributed by atoms with Crippen molar-refractivity contribution in [2.45, 2.75) is 136 Å². The molecule has 1 unspecified atom stereocenters. The Hall–Kier alpha value is 0.610. The molecule has 0 rings (SSSR count). The Balaban J connectivity index is 0. The van der Waals surface area contributed by atoms with Gasteiger partial charge in [-0.2, -0.15) is 0 Å². The number of hydrogen-bond donors (Lipinski definition) is 0. The van der Waals surface area contributed by atoms with Crippen molar-refractivity contribution in [3.63, 3.8) is 0 Å². The fourth-order valence-electron chi connectivity index (χ4n) is 3.81. The maximum Gasteiger partial charge on any atom is 1.00 e. The van der Waals surface area contributed by atoms with Crippen molar-refractivity contribution in [1.29, 1.82) is 0 Å². The summed E-state index contributed by atoms with van der Waals surface area (Å²) in [7, 11) is -4.61. The largest absolute Gasteiger partial charge is 1.00 e. The minimum Gasteiger partial charge on any atom is -0.726 e. The summed E-state index contributed by atoms with van der Waals surface area (Å²) < 4.78 is 36.9. The third-order valence-electron chi connectivity index (χ3n) is 5.74. The quantitative estimate of drug-likeness (QED) is 0.0689. The van der Waals surface area contributed by atoms with Gasteiger partial charge in [-0.3, -0.25) is 4.18 Å². The van der Waals surface area contributed by atoms with Crippen LogP contribution in [0.15, 0.2) is 12.2 Å². The van der Waals surface area contributed by atoms with Gasteiger partial charge in [0.15, 0.2) is 0 Å². The molecular weight excluding hydrogens is 419 g/mol. The van der Waals surface area contributed by atoms with Crippen LogP contribution in [-0.2, 0) is 14.6 Å². The van der Waals surface area contributed by atoms with E-state index in [0.717, 1.165) is 19.3 Å². The molecule has 6 heteroatoms. The second kappa shape index (κ2) is 25.2. The van der Waals surface area contributed by atoms with Crippen LogP contribution in [0.25, 0.3) is 0 Å². The fourth-order valence-corrected chi connectivity index (χ4v) is 4.15. The van der Waals surface area contributed by atoms with Gasteiger partial charge in [-0.05, 0) is 19.3 Å². The van der Waals surface area contributed by atoms with Crippen LogP contribution in [-0.4, -0.2) is 19.6 Å². The molecule has 0 radical (unpaired) electrons. The number of hydrogen-bond acceptors (Lipinski definition) is 4. The van der Waals surface area contributed by atoms with Crippen LogP contribution in [0.5, 0.6) is 0 Å². The van der Waals surface area contributed by atoms with E-state index in [-0.39, 0.29) is 42.1 Å². The van der Waals surface area contributed by atoms with Crippen molar-refractivity contribution in [2.75, 3.05) is 6.61 Å². The Bertz CT molecular complexity index is 480. The molecule has 0 fully saturated rings. The maximum absolute atomic E-state index is 10.8. The van der Waals surface area contributed by atoms with Gasteiger partial charge in [0.2, 0.25) is 10.4 Å². The topological polar surface area (TPSA) is 66.4 Å². The molecule has 0 spiro atoms. The van der Waals surface area contributed by atoms with Crippen molar-refractivity contribution < 1.29 is 46.7 Å². The molecule has 180 valence electrons. The van der Waals surface area contributed by atoms with Crippen molar-refractivity contribution >= 4 is 10.4 Å². The minimum absolute atomic E-state index is 0. The molecular formula is C25H49NaO4S. The molecule has 0 N–H and O–H groups in total. The Morgan fingerprint density at radius 2 is 1.13 bits per heavy atom. The van der Waals surface area contributed by atoms with Crippen LogP contribution in [0.2, 0.25) is 0 Å². The molecule has 0 aliphatic rings. The fraction of sp³-hybridized carbons (Fsp3) is 0.920. The number of rotatable bonds is 23. The van der Waals surface area contributed by atoms with E-state index in [2.05, 4.69) is 30.2 Å². The van der Waals surface area contributed by atoms with E-state index in [4.69, 9.17) is 0 Å². The van der Waals surface area contributed by atoms with Gasteiger partial charge in [0.25, 0.3) is 0 Å². The SMILES string of the molecule is CCCCCCCCCCC/C=C/C(CCCCCCCCCC)COS(=O)(=O)[O-].[Na+]. The first-order valence-electron chi connectivity index (χ1n) is 12.8. The van der Waals surface area contributed by atoms with E-state index in [0.29, 0.717) is 0 Å². The zero-order valence-electron chi connectivity index (χ0n) is 20.9. The molecule has 0 saturated carbocycles. The van der Waals surface area contributed by atoms with Gasteiger partial charge in [-0.15, -0.1) is 0 Å². The third-order valence-corrected chi connectivity index (χ3v) is 6.16. The van der Waals surface area contributed by atoms with Gasteiger partial charge in [0, 0.05) is 5.92 Å². The normalized spacial score (nSPS) is 12.9. The zero-order chi connectivity index (χ0) is 22.3. The van der Waals surface area contributed by atoms with Crippen LogP contribution in [0.4, 0.5) is 0 Å². The average molecular weight is 469 g/mol. The van der Waals surface area contributed by atoms with E-state index >= 15 is 0 Å². The first-order valence-corrected chi connectivity index (χ1v) is 14.1. The summed E-state index contributed by atoms with van der Waals surface area (Å²) in [5.41, 5.74) is 0. The smallest absolute Gasteiger partial charge is 0.726 e. The van der Waals surface area contributed by atoms with Crippen molar-refractivity contribution in [1.82, 2.24) is 0 Å². The summed E-state index contributed by atoms with van der Waals surface area (Å²) in [5, 5.41) is 0. The summed E-state index contributed by atoms with van der Waals surface area (Å²) in [6.45, 7) is 4.46. The van der Waals surface area contributed by atoms with Gasteiger partial charge in [0.05, 0.1) is 6.61 Å². The first kappa shape index (κ1) is 33.8. The first-order chi connectivity index (χ1) is 14.5. The summed E-state index contributed by atoms with van der Waals surface area (Å²) in [4.78, 5) is 0. The van der Waals surface area contributed by atoms with E-state index in [9.17, 15) is 13.0 Å². The predicted octanol–water partition coefficient (Wildman–Crippen LogP) is 5.09. The van der Waals surface area contributed by atoms with Crippen molar-refractivity contribution in [3.8, 4) is 0 Å². The second-order valence-electron chi connectivity index (χ2n) is 8.76. The number of unbranched alkanes of at least 4 members (excludes halogenated alkanes) is 16. The van der Waals surface area contributed by atoms with E-state index < -0.39 is 10.4 Å². The summed E-state index contributed by atoms with van der Waals surface area (Å²) >= 11 is 0. The van der Waals surface area contributed by atoms with E-state index in [1.165, 1.54) is 103 Å². The summed E-state index contributed by atoms with van der Waals surface area (Å²) in [6.07, 6.45) is 28.0. The predicted molar refractivity (Wildman–Crippen MR) is 127 cm³/mol. The average Bonchev–Trinajstić information content (AvgIpc) is 2.70. The number of allylic oxidation sites excluding steroid dienone is 1. The summed E-state index contributed by atoms with van der Waals surface area (Å²) in [5.74, 6) is 0.0207. The molecule has 1 atom stereocenters. The Morgan fingerprint density at radius 1 is 0.710 bits per heavy atom. The Morgan fingerprint density at radius 3 is 1.58 bits per heavy atom. The van der Waals surface area contributed by atoms with Gasteiger partial charge in [0.1, 0.15) is 0 Å². The molecule has 0 saturated heterocycles. The molecule has 31 heavy (non-hydrogen) atoms. The van der Waals surface area contributed by atoms with Crippen LogP contribution >= 0.6 is 0 Å². The van der Waals surface area contributed by atoms with Gasteiger partial charge in [-0.25, -0.2) is 8.42 Å².